The maximum Gasteiger partial charge on any atom is 0.471 e. The van der Waals surface area contributed by atoms with Crippen molar-refractivity contribution in [1.29, 1.82) is 0 Å². The molecule has 0 aliphatic carbocycles. The van der Waals surface area contributed by atoms with Crippen molar-refractivity contribution in [3.8, 4) is 11.4 Å². The maximum absolute atomic E-state index is 12.4. The molecule has 1 atom stereocenters. The van der Waals surface area contributed by atoms with E-state index in [1.807, 2.05) is 0 Å². The molecule has 10 heteroatoms. The lowest BCUT2D eigenvalue weighted by Crippen LogP contribution is -2.20. The molecule has 0 aliphatic heterocycles. The van der Waals surface area contributed by atoms with Gasteiger partial charge in [-0.25, -0.2) is 12.9 Å². The molecule has 126 valence electrons. The Morgan fingerprint density at radius 1 is 1.26 bits per heavy atom. The second-order valence-electron chi connectivity index (χ2n) is 4.98. The molecule has 0 N–H and O–H groups in total. The minimum atomic E-state index is -4.67. The second kappa shape index (κ2) is 6.28. The van der Waals surface area contributed by atoms with Gasteiger partial charge in [-0.1, -0.05) is 29.4 Å². The molecule has 0 fully saturated rings. The van der Waals surface area contributed by atoms with Crippen LogP contribution in [0.1, 0.15) is 11.5 Å². The van der Waals surface area contributed by atoms with E-state index in [1.54, 1.807) is 38.4 Å². The molecule has 0 saturated carbocycles. The zero-order valence-electron chi connectivity index (χ0n) is 12.7. The summed E-state index contributed by atoms with van der Waals surface area (Å²) in [5.74, 6) is -1.53. The van der Waals surface area contributed by atoms with Crippen LogP contribution in [0, 0.1) is 0 Å². The molecule has 6 nitrogen and oxygen atoms in total. The van der Waals surface area contributed by atoms with Crippen LogP contribution in [-0.2, 0) is 22.6 Å². The van der Waals surface area contributed by atoms with E-state index in [4.69, 9.17) is 0 Å². The highest BCUT2D eigenvalue weighted by Gasteiger charge is 2.38. The summed E-state index contributed by atoms with van der Waals surface area (Å²) in [5.41, 5.74) is 1.16. The van der Waals surface area contributed by atoms with Crippen molar-refractivity contribution in [1.82, 2.24) is 14.4 Å². The first-order valence-electron chi connectivity index (χ1n) is 6.45. The van der Waals surface area contributed by atoms with Crippen LogP contribution in [0.5, 0.6) is 0 Å². The number of rotatable bonds is 4. The Morgan fingerprint density at radius 3 is 2.35 bits per heavy atom. The van der Waals surface area contributed by atoms with Crippen LogP contribution >= 0.6 is 0 Å². The Morgan fingerprint density at radius 2 is 1.87 bits per heavy atom. The third kappa shape index (κ3) is 4.29. The van der Waals surface area contributed by atoms with Gasteiger partial charge in [-0.05, 0) is 5.56 Å². The van der Waals surface area contributed by atoms with Crippen molar-refractivity contribution in [2.24, 2.45) is 4.36 Å². The molecular formula is C13H15F3N4O2S. The predicted molar refractivity (Wildman–Crippen MR) is 78.6 cm³/mol. The molecule has 1 aromatic carbocycles. The highest BCUT2D eigenvalue weighted by atomic mass is 32.2. The van der Waals surface area contributed by atoms with Gasteiger partial charge >= 0.3 is 12.1 Å². The van der Waals surface area contributed by atoms with E-state index < -0.39 is 22.0 Å². The van der Waals surface area contributed by atoms with Crippen molar-refractivity contribution < 1.29 is 21.9 Å². The molecule has 23 heavy (non-hydrogen) atoms. The highest BCUT2D eigenvalue weighted by molar-refractivity contribution is 7.90. The van der Waals surface area contributed by atoms with Crippen molar-refractivity contribution in [2.45, 2.75) is 12.7 Å². The van der Waals surface area contributed by atoms with E-state index in [9.17, 15) is 17.4 Å². The van der Waals surface area contributed by atoms with E-state index in [1.165, 1.54) is 10.6 Å². The van der Waals surface area contributed by atoms with Crippen molar-refractivity contribution in [3.63, 3.8) is 0 Å². The van der Waals surface area contributed by atoms with Crippen LogP contribution in [0.15, 0.2) is 33.2 Å². The van der Waals surface area contributed by atoms with Gasteiger partial charge in [-0.3, -0.25) is 0 Å². The fraction of sp³-hybridized carbons (Fsp3) is 0.385. The summed E-state index contributed by atoms with van der Waals surface area (Å²) in [6, 6.07) is 6.44. The third-order valence-corrected chi connectivity index (χ3v) is 5.01. The molecule has 1 heterocycles. The lowest BCUT2D eigenvalue weighted by molar-refractivity contribution is -0.159. The van der Waals surface area contributed by atoms with Gasteiger partial charge in [0, 0.05) is 25.9 Å². The maximum atomic E-state index is 12.4. The van der Waals surface area contributed by atoms with Gasteiger partial charge < -0.3 is 4.52 Å². The molecule has 2 rings (SSSR count). The van der Waals surface area contributed by atoms with Gasteiger partial charge in [0.1, 0.15) is 9.92 Å². The average Bonchev–Trinajstić information content (AvgIpc) is 2.95. The summed E-state index contributed by atoms with van der Waals surface area (Å²) in [6.07, 6.45) is -3.14. The summed E-state index contributed by atoms with van der Waals surface area (Å²) >= 11 is 0. The van der Waals surface area contributed by atoms with E-state index in [0.29, 0.717) is 5.56 Å². The van der Waals surface area contributed by atoms with Crippen LogP contribution in [-0.4, -0.2) is 39.0 Å². The molecule has 0 aliphatic rings. The number of halogens is 3. The highest BCUT2D eigenvalue weighted by Crippen LogP contribution is 2.29. The summed E-state index contributed by atoms with van der Waals surface area (Å²) in [5, 5.41) is 3.31. The Bertz CT molecular complexity index is 790. The fourth-order valence-electron chi connectivity index (χ4n) is 1.52. The lowest BCUT2D eigenvalue weighted by atomic mass is 10.1. The molecule has 1 aromatic heterocycles. The standard InChI is InChI=1S/C13H15F3N4O2S/c1-20(2)23(3,21)17-8-9-4-6-10(7-5-9)11-18-12(22-19-11)13(14,15)16/h4-7H,8H2,1-3H3. The number of alkyl halides is 3. The fourth-order valence-corrected chi connectivity index (χ4v) is 2.14. The smallest absolute Gasteiger partial charge is 0.329 e. The summed E-state index contributed by atoms with van der Waals surface area (Å²) in [6.45, 7) is 0.230. The van der Waals surface area contributed by atoms with Gasteiger partial charge in [0.2, 0.25) is 5.82 Å². The number of hydrogen-bond acceptors (Lipinski definition) is 5. The minimum absolute atomic E-state index is 0.145. The van der Waals surface area contributed by atoms with E-state index in [0.717, 1.165) is 5.56 Å². The first kappa shape index (κ1) is 17.4. The SMILES string of the molecule is CN(C)S(C)(=O)=NCc1ccc(-c2noc(C(F)(F)F)n2)cc1. The summed E-state index contributed by atoms with van der Waals surface area (Å²) < 4.78 is 59.2. The number of aromatic nitrogens is 2. The van der Waals surface area contributed by atoms with E-state index >= 15 is 0 Å². The first-order valence-corrected chi connectivity index (χ1v) is 8.33. The van der Waals surface area contributed by atoms with Gasteiger partial charge in [0.15, 0.2) is 0 Å². The van der Waals surface area contributed by atoms with Crippen LogP contribution in [0.4, 0.5) is 13.2 Å². The molecule has 2 aromatic rings. The molecule has 0 saturated heterocycles. The molecule has 0 bridgehead atoms. The zero-order valence-corrected chi connectivity index (χ0v) is 13.5. The van der Waals surface area contributed by atoms with E-state index in [-0.39, 0.29) is 12.4 Å². The minimum Gasteiger partial charge on any atom is -0.329 e. The van der Waals surface area contributed by atoms with Crippen molar-refractivity contribution in [2.75, 3.05) is 20.4 Å². The Kier molecular flexibility index (Phi) is 4.76. The van der Waals surface area contributed by atoms with Crippen LogP contribution in [0.2, 0.25) is 0 Å². The Hall–Kier alpha value is -1.94. The van der Waals surface area contributed by atoms with Crippen molar-refractivity contribution >= 4 is 9.92 Å². The van der Waals surface area contributed by atoms with Gasteiger partial charge in [0.25, 0.3) is 0 Å². The Labute approximate surface area is 131 Å². The topological polar surface area (TPSA) is 71.6 Å². The predicted octanol–water partition coefficient (Wildman–Crippen LogP) is 2.83. The lowest BCUT2D eigenvalue weighted by Gasteiger charge is -2.11. The molecular weight excluding hydrogens is 333 g/mol. The van der Waals surface area contributed by atoms with Gasteiger partial charge in [-0.2, -0.15) is 18.2 Å². The molecule has 0 radical (unpaired) electrons. The van der Waals surface area contributed by atoms with Crippen molar-refractivity contribution in [3.05, 3.63) is 35.7 Å². The largest absolute Gasteiger partial charge is 0.471 e. The monoisotopic (exact) mass is 348 g/mol. The van der Waals surface area contributed by atoms with Crippen LogP contribution < -0.4 is 0 Å². The quantitative estimate of drug-likeness (QED) is 0.852. The van der Waals surface area contributed by atoms with Gasteiger partial charge in [0.05, 0.1) is 6.54 Å². The zero-order chi connectivity index (χ0) is 17.3. The Balaban J connectivity index is 2.17. The number of hydrogen-bond donors (Lipinski definition) is 0. The van der Waals surface area contributed by atoms with Crippen LogP contribution in [0.25, 0.3) is 11.4 Å². The summed E-state index contributed by atoms with van der Waals surface area (Å²) in [7, 11) is 0.912. The normalized spacial score (nSPS) is 14.7. The molecule has 0 spiro atoms. The number of benzene rings is 1. The second-order valence-corrected chi connectivity index (χ2v) is 7.49. The van der Waals surface area contributed by atoms with Gasteiger partial charge in [-0.15, -0.1) is 0 Å². The summed E-state index contributed by atoms with van der Waals surface area (Å²) in [4.78, 5) is 3.31. The number of nitrogens with zero attached hydrogens (tertiary/aromatic N) is 4. The molecule has 0 amide bonds. The van der Waals surface area contributed by atoms with Crippen LogP contribution in [0.3, 0.4) is 0 Å². The average molecular weight is 348 g/mol. The first-order chi connectivity index (χ1) is 10.6. The molecule has 1 unspecified atom stereocenters. The van der Waals surface area contributed by atoms with E-state index in [2.05, 4.69) is 19.0 Å². The third-order valence-electron chi connectivity index (χ3n) is 3.04.